The maximum atomic E-state index is 12.3. The van der Waals surface area contributed by atoms with Crippen molar-refractivity contribution in [1.29, 1.82) is 0 Å². The topological polar surface area (TPSA) is 47.6 Å². The highest BCUT2D eigenvalue weighted by Gasteiger charge is 2.13. The largest absolute Gasteiger partial charge is 0.486 e. The Bertz CT molecular complexity index is 740. The van der Waals surface area contributed by atoms with Gasteiger partial charge in [-0.3, -0.25) is 4.79 Å². The molecular formula is C21H23NO3. The van der Waals surface area contributed by atoms with Crippen LogP contribution < -0.4 is 14.8 Å². The number of hydrogen-bond acceptors (Lipinski definition) is 3. The summed E-state index contributed by atoms with van der Waals surface area (Å²) in [6.45, 7) is 3.24. The van der Waals surface area contributed by atoms with Gasteiger partial charge in [0.1, 0.15) is 13.2 Å². The van der Waals surface area contributed by atoms with E-state index in [4.69, 9.17) is 9.47 Å². The summed E-state index contributed by atoms with van der Waals surface area (Å²) in [4.78, 5) is 12.3. The van der Waals surface area contributed by atoms with E-state index in [-0.39, 0.29) is 11.9 Å². The monoisotopic (exact) mass is 337 g/mol. The lowest BCUT2D eigenvalue weighted by molar-refractivity contribution is -0.117. The minimum atomic E-state index is -0.0998. The van der Waals surface area contributed by atoms with Crippen molar-refractivity contribution in [3.63, 3.8) is 0 Å². The summed E-state index contributed by atoms with van der Waals surface area (Å²) in [5, 5.41) is 3.09. The Morgan fingerprint density at radius 2 is 1.88 bits per heavy atom. The second kappa shape index (κ2) is 8.38. The van der Waals surface area contributed by atoms with Crippen LogP contribution >= 0.6 is 0 Å². The lowest BCUT2D eigenvalue weighted by Gasteiger charge is -2.18. The molecule has 3 rings (SSSR count). The Morgan fingerprint density at radius 3 is 2.64 bits per heavy atom. The first-order chi connectivity index (χ1) is 12.3. The second-order valence-electron chi connectivity index (χ2n) is 6.00. The summed E-state index contributed by atoms with van der Waals surface area (Å²) in [5.41, 5.74) is 2.04. The number of rotatable bonds is 6. The normalized spacial score (nSPS) is 14.3. The Hall–Kier alpha value is -2.75. The van der Waals surface area contributed by atoms with Gasteiger partial charge in [0, 0.05) is 6.08 Å². The van der Waals surface area contributed by atoms with Crippen molar-refractivity contribution in [1.82, 2.24) is 5.32 Å². The number of carbonyl (C=O) groups is 1. The van der Waals surface area contributed by atoms with Gasteiger partial charge in [-0.05, 0) is 35.8 Å². The smallest absolute Gasteiger partial charge is 0.244 e. The number of amides is 1. The van der Waals surface area contributed by atoms with Crippen LogP contribution in [0.1, 0.15) is 36.9 Å². The van der Waals surface area contributed by atoms with E-state index in [1.165, 1.54) is 0 Å². The number of hydrogen-bond donors (Lipinski definition) is 1. The van der Waals surface area contributed by atoms with Crippen molar-refractivity contribution >= 4 is 12.0 Å². The van der Waals surface area contributed by atoms with Gasteiger partial charge in [-0.15, -0.1) is 0 Å². The molecule has 1 heterocycles. The van der Waals surface area contributed by atoms with Crippen molar-refractivity contribution < 1.29 is 14.3 Å². The predicted octanol–water partition coefficient (Wildman–Crippen LogP) is 4.13. The summed E-state index contributed by atoms with van der Waals surface area (Å²) in [7, 11) is 0. The zero-order chi connectivity index (χ0) is 17.5. The third kappa shape index (κ3) is 4.63. The fourth-order valence-electron chi connectivity index (χ4n) is 2.85. The van der Waals surface area contributed by atoms with E-state index in [0.717, 1.165) is 35.5 Å². The van der Waals surface area contributed by atoms with Crippen LogP contribution in [0.3, 0.4) is 0 Å². The molecule has 0 aromatic heterocycles. The van der Waals surface area contributed by atoms with Gasteiger partial charge in [0.25, 0.3) is 0 Å². The molecule has 0 saturated carbocycles. The molecule has 1 unspecified atom stereocenters. The average Bonchev–Trinajstić information content (AvgIpc) is 2.66. The number of benzene rings is 2. The van der Waals surface area contributed by atoms with Gasteiger partial charge < -0.3 is 14.8 Å². The van der Waals surface area contributed by atoms with Crippen LogP contribution in [0.4, 0.5) is 0 Å². The molecule has 1 atom stereocenters. The third-order valence-electron chi connectivity index (χ3n) is 4.09. The Labute approximate surface area is 148 Å². The number of fused-ring (bicyclic) bond motifs is 1. The zero-order valence-corrected chi connectivity index (χ0v) is 14.4. The number of nitrogens with one attached hydrogen (secondary N) is 1. The standard InChI is InChI=1S/C21H23NO3/c1-2-6-18(17-7-4-3-5-8-17)22-21(23)12-10-16-9-11-19-20(15-16)25-14-13-24-19/h3-5,7-12,15,18H,2,6,13-14H2,1H3,(H,22,23). The van der Waals surface area contributed by atoms with Gasteiger partial charge >= 0.3 is 0 Å². The zero-order valence-electron chi connectivity index (χ0n) is 14.4. The van der Waals surface area contributed by atoms with Gasteiger partial charge in [-0.1, -0.05) is 49.7 Å². The van der Waals surface area contributed by atoms with Gasteiger partial charge in [0.15, 0.2) is 11.5 Å². The summed E-state index contributed by atoms with van der Waals surface area (Å²) in [5.74, 6) is 1.37. The van der Waals surface area contributed by atoms with Crippen LogP contribution in [0, 0.1) is 0 Å². The molecule has 1 N–H and O–H groups in total. The summed E-state index contributed by atoms with van der Waals surface area (Å²) in [6, 6.07) is 15.8. The molecule has 0 saturated heterocycles. The molecule has 0 aliphatic carbocycles. The predicted molar refractivity (Wildman–Crippen MR) is 98.7 cm³/mol. The van der Waals surface area contributed by atoms with E-state index in [9.17, 15) is 4.79 Å². The van der Waals surface area contributed by atoms with E-state index in [1.54, 1.807) is 12.2 Å². The highest BCUT2D eigenvalue weighted by Crippen LogP contribution is 2.31. The lowest BCUT2D eigenvalue weighted by atomic mass is 10.0. The third-order valence-corrected chi connectivity index (χ3v) is 4.09. The number of ether oxygens (including phenoxy) is 2. The fraction of sp³-hybridized carbons (Fsp3) is 0.286. The summed E-state index contributed by atoms with van der Waals surface area (Å²) < 4.78 is 11.1. The van der Waals surface area contributed by atoms with Gasteiger partial charge in [-0.25, -0.2) is 0 Å². The molecule has 25 heavy (non-hydrogen) atoms. The van der Waals surface area contributed by atoms with Crippen molar-refractivity contribution in [2.24, 2.45) is 0 Å². The Balaban J connectivity index is 1.65. The maximum absolute atomic E-state index is 12.3. The molecule has 2 aromatic carbocycles. The minimum Gasteiger partial charge on any atom is -0.486 e. The first-order valence-electron chi connectivity index (χ1n) is 8.69. The Kier molecular flexibility index (Phi) is 5.73. The van der Waals surface area contributed by atoms with Crippen LogP contribution in [-0.2, 0) is 4.79 Å². The SMILES string of the molecule is CCCC(NC(=O)C=Cc1ccc2c(c1)OCCO2)c1ccccc1. The van der Waals surface area contributed by atoms with Gasteiger partial charge in [0.05, 0.1) is 6.04 Å². The van der Waals surface area contributed by atoms with Crippen LogP contribution in [0.25, 0.3) is 6.08 Å². The molecule has 130 valence electrons. The molecule has 2 aromatic rings. The minimum absolute atomic E-state index is 0.0311. The van der Waals surface area contributed by atoms with Crippen molar-refractivity contribution in [2.45, 2.75) is 25.8 Å². The molecule has 0 spiro atoms. The molecular weight excluding hydrogens is 314 g/mol. The highest BCUT2D eigenvalue weighted by molar-refractivity contribution is 5.92. The molecule has 4 heteroatoms. The van der Waals surface area contributed by atoms with E-state index in [0.29, 0.717) is 13.2 Å². The molecule has 0 fully saturated rings. The first-order valence-corrected chi connectivity index (χ1v) is 8.69. The maximum Gasteiger partial charge on any atom is 0.244 e. The molecule has 1 aliphatic heterocycles. The van der Waals surface area contributed by atoms with Crippen LogP contribution in [0.15, 0.2) is 54.6 Å². The summed E-state index contributed by atoms with van der Waals surface area (Å²) in [6.07, 6.45) is 5.28. The van der Waals surface area contributed by atoms with E-state index < -0.39 is 0 Å². The summed E-state index contributed by atoms with van der Waals surface area (Å²) >= 11 is 0. The van der Waals surface area contributed by atoms with E-state index in [2.05, 4.69) is 12.2 Å². The lowest BCUT2D eigenvalue weighted by Crippen LogP contribution is -2.26. The van der Waals surface area contributed by atoms with Crippen molar-refractivity contribution in [3.05, 3.63) is 65.7 Å². The quantitative estimate of drug-likeness (QED) is 0.806. The fourth-order valence-corrected chi connectivity index (χ4v) is 2.85. The van der Waals surface area contributed by atoms with Crippen LogP contribution in [0.2, 0.25) is 0 Å². The molecule has 1 amide bonds. The molecule has 1 aliphatic rings. The average molecular weight is 337 g/mol. The van der Waals surface area contributed by atoms with Gasteiger partial charge in [0.2, 0.25) is 5.91 Å². The Morgan fingerprint density at radius 1 is 1.12 bits per heavy atom. The highest BCUT2D eigenvalue weighted by atomic mass is 16.6. The molecule has 0 bridgehead atoms. The second-order valence-corrected chi connectivity index (χ2v) is 6.00. The first kappa shape index (κ1) is 17.1. The van der Waals surface area contributed by atoms with E-state index >= 15 is 0 Å². The van der Waals surface area contributed by atoms with E-state index in [1.807, 2.05) is 48.5 Å². The van der Waals surface area contributed by atoms with Gasteiger partial charge in [-0.2, -0.15) is 0 Å². The van der Waals surface area contributed by atoms with Crippen molar-refractivity contribution in [2.75, 3.05) is 13.2 Å². The van der Waals surface area contributed by atoms with Crippen LogP contribution in [-0.4, -0.2) is 19.1 Å². The van der Waals surface area contributed by atoms with Crippen molar-refractivity contribution in [3.8, 4) is 11.5 Å². The molecule has 4 nitrogen and oxygen atoms in total. The molecule has 0 radical (unpaired) electrons. The van der Waals surface area contributed by atoms with Crippen LogP contribution in [0.5, 0.6) is 11.5 Å². The number of carbonyl (C=O) groups excluding carboxylic acids is 1.